The zero-order valence-electron chi connectivity index (χ0n) is 18.0. The number of ether oxygens (including phenoxy) is 1. The molecule has 0 unspecified atom stereocenters. The number of nitrogens with one attached hydrogen (secondary N) is 1. The minimum Gasteiger partial charge on any atom is -0.497 e. The zero-order valence-corrected chi connectivity index (χ0v) is 18.0. The third-order valence-electron chi connectivity index (χ3n) is 4.90. The number of aromatic nitrogens is 3. The molecule has 4 rings (SSSR count). The lowest BCUT2D eigenvalue weighted by Crippen LogP contribution is -2.13. The second kappa shape index (κ2) is 10.1. The van der Waals surface area contributed by atoms with Crippen LogP contribution in [0.5, 0.6) is 5.75 Å². The van der Waals surface area contributed by atoms with Crippen molar-refractivity contribution in [3.8, 4) is 23.1 Å². The number of nitriles is 1. The molecule has 2 aromatic heterocycles. The number of methoxy groups -OCH3 is 1. The van der Waals surface area contributed by atoms with Gasteiger partial charge in [0.25, 0.3) is 5.91 Å². The molecule has 0 bridgehead atoms. The molecule has 0 saturated carbocycles. The van der Waals surface area contributed by atoms with Gasteiger partial charge in [0.05, 0.1) is 13.7 Å². The van der Waals surface area contributed by atoms with Crippen LogP contribution in [0.2, 0.25) is 0 Å². The van der Waals surface area contributed by atoms with Gasteiger partial charge in [-0.2, -0.15) is 10.4 Å². The molecule has 1 N–H and O–H groups in total. The average Bonchev–Trinajstić information content (AvgIpc) is 3.25. The van der Waals surface area contributed by atoms with Crippen molar-refractivity contribution in [3.63, 3.8) is 0 Å². The zero-order chi connectivity index (χ0) is 23.0. The lowest BCUT2D eigenvalue weighted by molar-refractivity contribution is -0.112. The number of hydrogen-bond acceptors (Lipinski definition) is 5. The summed E-state index contributed by atoms with van der Waals surface area (Å²) < 4.78 is 6.98. The van der Waals surface area contributed by atoms with Gasteiger partial charge in [-0.15, -0.1) is 0 Å². The maximum absolute atomic E-state index is 12.8. The van der Waals surface area contributed by atoms with E-state index in [1.165, 1.54) is 0 Å². The van der Waals surface area contributed by atoms with E-state index in [0.29, 0.717) is 29.2 Å². The van der Waals surface area contributed by atoms with E-state index < -0.39 is 5.91 Å². The first-order valence-corrected chi connectivity index (χ1v) is 10.3. The van der Waals surface area contributed by atoms with Crippen LogP contribution in [-0.4, -0.2) is 27.8 Å². The Morgan fingerprint density at radius 2 is 2.00 bits per heavy atom. The molecular formula is C26H21N5O2. The summed E-state index contributed by atoms with van der Waals surface area (Å²) in [5.41, 5.74) is 3.66. The minimum atomic E-state index is -0.515. The number of carbonyl (C=O) groups excluding carboxylic acids is 1. The molecule has 7 heteroatoms. The molecule has 0 saturated heterocycles. The van der Waals surface area contributed by atoms with Gasteiger partial charge in [0.1, 0.15) is 23.1 Å². The molecule has 0 radical (unpaired) electrons. The number of amides is 1. The molecule has 4 aromatic rings. The lowest BCUT2D eigenvalue weighted by Gasteiger charge is -2.06. The highest BCUT2D eigenvalue weighted by Crippen LogP contribution is 2.25. The van der Waals surface area contributed by atoms with Crippen molar-refractivity contribution >= 4 is 17.7 Å². The maximum Gasteiger partial charge on any atom is 0.266 e. The molecular weight excluding hydrogens is 414 g/mol. The molecule has 7 nitrogen and oxygen atoms in total. The van der Waals surface area contributed by atoms with Crippen LogP contribution >= 0.6 is 0 Å². The van der Waals surface area contributed by atoms with Crippen LogP contribution in [0.25, 0.3) is 17.3 Å². The Bertz CT molecular complexity index is 1320. The normalized spacial score (nSPS) is 11.0. The van der Waals surface area contributed by atoms with Gasteiger partial charge < -0.3 is 10.1 Å². The van der Waals surface area contributed by atoms with Crippen molar-refractivity contribution < 1.29 is 9.53 Å². The smallest absolute Gasteiger partial charge is 0.266 e. The first kappa shape index (κ1) is 21.5. The quantitative estimate of drug-likeness (QED) is 0.340. The highest BCUT2D eigenvalue weighted by molar-refractivity contribution is 6.10. The van der Waals surface area contributed by atoms with Gasteiger partial charge in [0.2, 0.25) is 0 Å². The predicted octanol–water partition coefficient (Wildman–Crippen LogP) is 4.55. The fraction of sp³-hybridized carbons (Fsp3) is 0.0769. The molecule has 162 valence electrons. The van der Waals surface area contributed by atoms with E-state index in [0.717, 1.165) is 11.1 Å². The van der Waals surface area contributed by atoms with Crippen LogP contribution in [0.15, 0.2) is 90.9 Å². The van der Waals surface area contributed by atoms with E-state index in [1.807, 2.05) is 54.7 Å². The van der Waals surface area contributed by atoms with Crippen molar-refractivity contribution in [3.05, 3.63) is 102 Å². The Hall–Kier alpha value is -4.70. The Balaban J connectivity index is 1.67. The van der Waals surface area contributed by atoms with Crippen molar-refractivity contribution in [2.24, 2.45) is 0 Å². The summed E-state index contributed by atoms with van der Waals surface area (Å²) >= 11 is 0. The molecule has 0 fully saturated rings. The number of anilines is 1. The average molecular weight is 435 g/mol. The topological polar surface area (TPSA) is 92.8 Å². The van der Waals surface area contributed by atoms with Gasteiger partial charge in [-0.25, -0.2) is 0 Å². The predicted molar refractivity (Wildman–Crippen MR) is 126 cm³/mol. The van der Waals surface area contributed by atoms with Gasteiger partial charge in [-0.3, -0.25) is 14.5 Å². The van der Waals surface area contributed by atoms with E-state index >= 15 is 0 Å². The van der Waals surface area contributed by atoms with Crippen molar-refractivity contribution in [2.45, 2.75) is 6.54 Å². The Labute approximate surface area is 191 Å². The van der Waals surface area contributed by atoms with E-state index in [1.54, 1.807) is 54.5 Å². The van der Waals surface area contributed by atoms with E-state index in [4.69, 9.17) is 9.84 Å². The fourth-order valence-corrected chi connectivity index (χ4v) is 3.32. The number of benzene rings is 2. The maximum atomic E-state index is 12.8. The highest BCUT2D eigenvalue weighted by Gasteiger charge is 2.15. The summed E-state index contributed by atoms with van der Waals surface area (Å²) in [6.45, 7) is 0.555. The van der Waals surface area contributed by atoms with Gasteiger partial charge in [-0.1, -0.05) is 36.4 Å². The van der Waals surface area contributed by atoms with Crippen LogP contribution < -0.4 is 10.1 Å². The third kappa shape index (κ3) is 5.32. The number of rotatable bonds is 7. The molecule has 0 aliphatic heterocycles. The summed E-state index contributed by atoms with van der Waals surface area (Å²) in [5.74, 6) is 0.0926. The fourth-order valence-electron chi connectivity index (χ4n) is 3.32. The Kier molecular flexibility index (Phi) is 6.57. The van der Waals surface area contributed by atoms with E-state index in [9.17, 15) is 10.1 Å². The van der Waals surface area contributed by atoms with Crippen LogP contribution in [-0.2, 0) is 11.3 Å². The van der Waals surface area contributed by atoms with Crippen molar-refractivity contribution in [1.29, 1.82) is 5.26 Å². The summed E-state index contributed by atoms with van der Waals surface area (Å²) in [6, 6.07) is 22.6. The van der Waals surface area contributed by atoms with Crippen LogP contribution in [0.1, 0.15) is 11.1 Å². The molecule has 33 heavy (non-hydrogen) atoms. The monoisotopic (exact) mass is 435 g/mol. The number of carbonyl (C=O) groups is 1. The van der Waals surface area contributed by atoms with E-state index in [2.05, 4.69) is 10.3 Å². The third-order valence-corrected chi connectivity index (χ3v) is 4.90. The molecule has 2 heterocycles. The lowest BCUT2D eigenvalue weighted by atomic mass is 10.1. The van der Waals surface area contributed by atoms with Gasteiger partial charge >= 0.3 is 0 Å². The Morgan fingerprint density at radius 1 is 1.15 bits per heavy atom. The van der Waals surface area contributed by atoms with Gasteiger partial charge in [0.15, 0.2) is 0 Å². The minimum absolute atomic E-state index is 0.0396. The standard InChI is InChI=1S/C26H21N5O2/c1-33-24-11-5-10-23(14-24)29-26(32)21(15-27)13-22-18-31(17-19-7-3-2-4-8-19)30-25(22)20-9-6-12-28-16-20/h2-14,16,18H,17H2,1H3,(H,29,32)/b21-13+. The number of hydrogen-bond donors (Lipinski definition) is 1. The molecule has 2 aromatic carbocycles. The summed E-state index contributed by atoms with van der Waals surface area (Å²) in [7, 11) is 1.55. The highest BCUT2D eigenvalue weighted by atomic mass is 16.5. The first-order chi connectivity index (χ1) is 16.2. The second-order valence-electron chi connectivity index (χ2n) is 7.21. The molecule has 0 atom stereocenters. The molecule has 0 aliphatic carbocycles. The number of pyridine rings is 1. The first-order valence-electron chi connectivity index (χ1n) is 10.3. The van der Waals surface area contributed by atoms with Crippen LogP contribution in [0.4, 0.5) is 5.69 Å². The largest absolute Gasteiger partial charge is 0.497 e. The summed E-state index contributed by atoms with van der Waals surface area (Å²) in [6.07, 6.45) is 6.76. The molecule has 1 amide bonds. The van der Waals surface area contributed by atoms with Gasteiger partial charge in [0, 0.05) is 41.5 Å². The SMILES string of the molecule is COc1cccc(NC(=O)/C(C#N)=C/c2cn(Cc3ccccc3)nc2-c2cccnc2)c1. The van der Waals surface area contributed by atoms with Crippen LogP contribution in [0.3, 0.4) is 0 Å². The molecule has 0 spiro atoms. The van der Waals surface area contributed by atoms with E-state index in [-0.39, 0.29) is 5.57 Å². The van der Waals surface area contributed by atoms with Crippen LogP contribution in [0, 0.1) is 11.3 Å². The number of nitrogens with zero attached hydrogens (tertiary/aromatic N) is 4. The molecule has 0 aliphatic rings. The van der Waals surface area contributed by atoms with Crippen molar-refractivity contribution in [2.75, 3.05) is 12.4 Å². The summed E-state index contributed by atoms with van der Waals surface area (Å²) in [5, 5.41) is 17.1. The van der Waals surface area contributed by atoms with Gasteiger partial charge in [-0.05, 0) is 35.9 Å². The second-order valence-corrected chi connectivity index (χ2v) is 7.21. The summed E-state index contributed by atoms with van der Waals surface area (Å²) in [4.78, 5) is 17.0. The Morgan fingerprint density at radius 3 is 2.73 bits per heavy atom. The van der Waals surface area contributed by atoms with Crippen molar-refractivity contribution in [1.82, 2.24) is 14.8 Å².